The second-order valence-electron chi connectivity index (χ2n) is 5.15. The van der Waals surface area contributed by atoms with Crippen LogP contribution in [0.15, 0.2) is 0 Å². The molecule has 0 spiro atoms. The Balaban J connectivity index is 1.82. The van der Waals surface area contributed by atoms with Crippen molar-refractivity contribution in [1.29, 1.82) is 0 Å². The fourth-order valence-corrected chi connectivity index (χ4v) is 4.21. The number of rotatable bonds is 4. The number of nitrogens with one attached hydrogen (secondary N) is 1. The van der Waals surface area contributed by atoms with Crippen LogP contribution in [0.4, 0.5) is 0 Å². The molecule has 1 N–H and O–H groups in total. The van der Waals surface area contributed by atoms with E-state index in [1.807, 2.05) is 0 Å². The molecular weight excluding hydrogens is 226 g/mol. The second-order valence-corrected chi connectivity index (χ2v) is 6.95. The zero-order chi connectivity index (χ0) is 11.6. The molecule has 5 heteroatoms. The fraction of sp³-hybridized carbons (Fsp3) is 1.00. The van der Waals surface area contributed by atoms with E-state index in [9.17, 15) is 8.42 Å². The van der Waals surface area contributed by atoms with E-state index < -0.39 is 10.0 Å². The van der Waals surface area contributed by atoms with Crippen molar-refractivity contribution in [2.75, 3.05) is 12.4 Å². The van der Waals surface area contributed by atoms with E-state index in [2.05, 4.69) is 11.6 Å². The molecule has 1 aliphatic heterocycles. The summed E-state index contributed by atoms with van der Waals surface area (Å²) in [5, 5.41) is 0. The van der Waals surface area contributed by atoms with Gasteiger partial charge in [-0.15, -0.1) is 0 Å². The average molecular weight is 247 g/mol. The predicted octanol–water partition coefficient (Wildman–Crippen LogP) is 1.27. The lowest BCUT2D eigenvalue weighted by molar-refractivity contribution is 0.127. The molecule has 0 aromatic heterocycles. The van der Waals surface area contributed by atoms with Gasteiger partial charge in [-0.25, -0.2) is 13.1 Å². The lowest BCUT2D eigenvalue weighted by Gasteiger charge is -2.15. The van der Waals surface area contributed by atoms with Gasteiger partial charge in [-0.3, -0.25) is 0 Å². The van der Waals surface area contributed by atoms with Crippen LogP contribution in [0.2, 0.25) is 0 Å². The molecule has 0 aromatic carbocycles. The van der Waals surface area contributed by atoms with Gasteiger partial charge < -0.3 is 4.74 Å². The monoisotopic (exact) mass is 247 g/mol. The molecule has 2 aliphatic rings. The van der Waals surface area contributed by atoms with Crippen molar-refractivity contribution in [3.63, 3.8) is 0 Å². The van der Waals surface area contributed by atoms with Crippen molar-refractivity contribution in [2.24, 2.45) is 5.92 Å². The van der Waals surface area contributed by atoms with Gasteiger partial charge in [0.05, 0.1) is 11.9 Å². The third kappa shape index (κ3) is 3.43. The minimum atomic E-state index is -3.15. The Morgan fingerprint density at radius 2 is 2.12 bits per heavy atom. The van der Waals surface area contributed by atoms with E-state index in [0.717, 1.165) is 32.1 Å². The van der Waals surface area contributed by atoms with E-state index in [-0.39, 0.29) is 17.9 Å². The SMILES string of the molecule is CC1CCC(NS(=O)(=O)CC2CCCO2)C1. The quantitative estimate of drug-likeness (QED) is 0.814. The Morgan fingerprint density at radius 3 is 2.69 bits per heavy atom. The normalized spacial score (nSPS) is 35.7. The first kappa shape index (κ1) is 12.3. The van der Waals surface area contributed by atoms with Crippen LogP contribution >= 0.6 is 0 Å². The summed E-state index contributed by atoms with van der Waals surface area (Å²) in [5.74, 6) is 0.785. The standard InChI is InChI=1S/C11H21NO3S/c1-9-4-5-10(7-9)12-16(13,14)8-11-3-2-6-15-11/h9-12H,2-8H2,1H3. The summed E-state index contributed by atoms with van der Waals surface area (Å²) >= 11 is 0. The number of hydrogen-bond acceptors (Lipinski definition) is 3. The van der Waals surface area contributed by atoms with Crippen molar-refractivity contribution >= 4 is 10.0 Å². The van der Waals surface area contributed by atoms with Crippen molar-refractivity contribution < 1.29 is 13.2 Å². The molecule has 0 bridgehead atoms. The van der Waals surface area contributed by atoms with E-state index in [1.54, 1.807) is 0 Å². The topological polar surface area (TPSA) is 55.4 Å². The van der Waals surface area contributed by atoms with Crippen molar-refractivity contribution in [3.8, 4) is 0 Å². The molecule has 0 aromatic rings. The summed E-state index contributed by atoms with van der Waals surface area (Å²) in [6.45, 7) is 2.88. The number of hydrogen-bond donors (Lipinski definition) is 1. The molecule has 1 saturated heterocycles. The smallest absolute Gasteiger partial charge is 0.214 e. The van der Waals surface area contributed by atoms with Gasteiger partial charge in [-0.05, 0) is 38.0 Å². The molecule has 0 amide bonds. The molecule has 4 nitrogen and oxygen atoms in total. The Morgan fingerprint density at radius 1 is 1.31 bits per heavy atom. The maximum Gasteiger partial charge on any atom is 0.214 e. The Bertz CT molecular complexity index is 322. The highest BCUT2D eigenvalue weighted by molar-refractivity contribution is 7.89. The van der Waals surface area contributed by atoms with E-state index in [1.165, 1.54) is 0 Å². The third-order valence-electron chi connectivity index (χ3n) is 3.47. The highest BCUT2D eigenvalue weighted by atomic mass is 32.2. The number of ether oxygens (including phenoxy) is 1. The highest BCUT2D eigenvalue weighted by Crippen LogP contribution is 2.25. The summed E-state index contributed by atoms with van der Waals surface area (Å²) in [7, 11) is -3.15. The minimum absolute atomic E-state index is 0.0867. The van der Waals surface area contributed by atoms with Crippen LogP contribution in [0.3, 0.4) is 0 Å². The van der Waals surface area contributed by atoms with Gasteiger partial charge in [0.25, 0.3) is 0 Å². The largest absolute Gasteiger partial charge is 0.377 e. The van der Waals surface area contributed by atoms with Gasteiger partial charge in [0.2, 0.25) is 10.0 Å². The summed E-state index contributed by atoms with van der Waals surface area (Å²) < 4.78 is 31.9. The van der Waals surface area contributed by atoms with Crippen LogP contribution in [0.25, 0.3) is 0 Å². The van der Waals surface area contributed by atoms with Crippen molar-refractivity contribution in [2.45, 2.75) is 51.2 Å². The zero-order valence-corrected chi connectivity index (χ0v) is 10.6. The molecular formula is C11H21NO3S. The summed E-state index contributed by atoms with van der Waals surface area (Å²) in [6.07, 6.45) is 4.86. The van der Waals surface area contributed by atoms with Gasteiger partial charge in [0, 0.05) is 12.6 Å². The van der Waals surface area contributed by atoms with Crippen LogP contribution in [-0.4, -0.2) is 32.9 Å². The molecule has 94 valence electrons. The Hall–Kier alpha value is -0.130. The van der Waals surface area contributed by atoms with Gasteiger partial charge in [-0.2, -0.15) is 0 Å². The Kier molecular flexibility index (Phi) is 3.87. The van der Waals surface area contributed by atoms with E-state index >= 15 is 0 Å². The van der Waals surface area contributed by atoms with Crippen molar-refractivity contribution in [3.05, 3.63) is 0 Å². The van der Waals surface area contributed by atoms with Gasteiger partial charge in [0.15, 0.2) is 0 Å². The van der Waals surface area contributed by atoms with E-state index in [0.29, 0.717) is 12.5 Å². The van der Waals surface area contributed by atoms with Crippen LogP contribution in [-0.2, 0) is 14.8 Å². The molecule has 0 radical (unpaired) electrons. The number of sulfonamides is 1. The highest BCUT2D eigenvalue weighted by Gasteiger charge is 2.28. The first-order valence-electron chi connectivity index (χ1n) is 6.17. The minimum Gasteiger partial charge on any atom is -0.377 e. The predicted molar refractivity (Wildman–Crippen MR) is 62.7 cm³/mol. The maximum absolute atomic E-state index is 11.9. The maximum atomic E-state index is 11.9. The van der Waals surface area contributed by atoms with Gasteiger partial charge in [0.1, 0.15) is 0 Å². The second kappa shape index (κ2) is 5.02. The molecule has 3 unspecified atom stereocenters. The van der Waals surface area contributed by atoms with Crippen molar-refractivity contribution in [1.82, 2.24) is 4.72 Å². The molecule has 16 heavy (non-hydrogen) atoms. The molecule has 1 heterocycles. The first-order valence-corrected chi connectivity index (χ1v) is 7.82. The molecule has 3 atom stereocenters. The Labute approximate surface area is 97.8 Å². The molecule has 1 aliphatic carbocycles. The zero-order valence-electron chi connectivity index (χ0n) is 9.81. The summed E-state index contributed by atoms with van der Waals surface area (Å²) in [4.78, 5) is 0. The van der Waals surface area contributed by atoms with Crippen LogP contribution < -0.4 is 4.72 Å². The summed E-state index contributed by atoms with van der Waals surface area (Å²) in [5.41, 5.74) is 0. The fourth-order valence-electron chi connectivity index (χ4n) is 2.64. The van der Waals surface area contributed by atoms with E-state index in [4.69, 9.17) is 4.74 Å². The average Bonchev–Trinajstić information content (AvgIpc) is 2.76. The third-order valence-corrected chi connectivity index (χ3v) is 4.97. The van der Waals surface area contributed by atoms with Gasteiger partial charge >= 0.3 is 0 Å². The van der Waals surface area contributed by atoms with Gasteiger partial charge in [-0.1, -0.05) is 6.92 Å². The first-order chi connectivity index (χ1) is 7.55. The lowest BCUT2D eigenvalue weighted by atomic mass is 10.1. The lowest BCUT2D eigenvalue weighted by Crippen LogP contribution is -2.37. The molecule has 2 fully saturated rings. The van der Waals surface area contributed by atoms with Crippen LogP contribution in [0.5, 0.6) is 0 Å². The molecule has 2 rings (SSSR count). The summed E-state index contributed by atoms with van der Waals surface area (Å²) in [6, 6.07) is 0.154. The van der Waals surface area contributed by atoms with Crippen LogP contribution in [0.1, 0.15) is 39.0 Å². The van der Waals surface area contributed by atoms with Crippen LogP contribution in [0, 0.1) is 5.92 Å². The molecule has 1 saturated carbocycles.